The number of anilines is 1. The number of hydrogen-bond acceptors (Lipinski definition) is 6. The monoisotopic (exact) mass is 467 g/mol. The molecule has 4 rings (SSSR count). The molecule has 2 aromatic rings. The van der Waals surface area contributed by atoms with E-state index in [0.29, 0.717) is 17.6 Å². The summed E-state index contributed by atoms with van der Waals surface area (Å²) in [5.74, 6) is -0.955. The van der Waals surface area contributed by atoms with Gasteiger partial charge in [-0.05, 0) is 61.7 Å². The molecule has 2 saturated heterocycles. The molecule has 1 N–H and O–H groups in total. The first-order valence-electron chi connectivity index (χ1n) is 9.22. The van der Waals surface area contributed by atoms with Crippen molar-refractivity contribution in [3.63, 3.8) is 0 Å². The van der Waals surface area contributed by atoms with Gasteiger partial charge >= 0.3 is 12.1 Å². The van der Waals surface area contributed by atoms with E-state index in [-0.39, 0.29) is 23.7 Å². The van der Waals surface area contributed by atoms with Crippen LogP contribution in [0.1, 0.15) is 44.0 Å². The third-order valence-electron chi connectivity index (χ3n) is 5.04. The summed E-state index contributed by atoms with van der Waals surface area (Å²) in [6, 6.07) is 3.65. The number of carbonyl (C=O) groups is 2. The lowest BCUT2D eigenvalue weighted by atomic mass is 10.2. The number of likely N-dealkylation sites (tertiary alicyclic amines) is 1. The first-order valence-corrected chi connectivity index (χ1v) is 10.8. The number of hydrogen-bond donors (Lipinski definition) is 1. The van der Waals surface area contributed by atoms with Crippen molar-refractivity contribution >= 4 is 54.7 Å². The van der Waals surface area contributed by atoms with E-state index < -0.39 is 11.6 Å². The Hall–Kier alpha value is -1.87. The molecular weight excluding hydrogens is 446 g/mol. The molecular formula is C19H22BrN3O4S. The number of piperazine rings is 1. The third-order valence-corrected chi connectivity index (χ3v) is 6.66. The molecule has 2 bridgehead atoms. The summed E-state index contributed by atoms with van der Waals surface area (Å²) in [4.78, 5) is 32.7. The summed E-state index contributed by atoms with van der Waals surface area (Å²) in [5, 5.41) is 10.2. The minimum atomic E-state index is -0.955. The lowest BCUT2D eigenvalue weighted by molar-refractivity contribution is 0.0209. The number of carboxylic acid groups (broad SMARTS) is 1. The van der Waals surface area contributed by atoms with E-state index in [9.17, 15) is 14.7 Å². The Balaban J connectivity index is 1.59. The van der Waals surface area contributed by atoms with E-state index in [1.807, 2.05) is 20.8 Å². The van der Waals surface area contributed by atoms with E-state index in [4.69, 9.17) is 9.72 Å². The van der Waals surface area contributed by atoms with E-state index >= 15 is 0 Å². The number of thiazole rings is 1. The van der Waals surface area contributed by atoms with E-state index in [1.54, 1.807) is 17.0 Å². The number of nitrogens with zero attached hydrogens (tertiary/aromatic N) is 3. The molecule has 2 aliphatic rings. The summed E-state index contributed by atoms with van der Waals surface area (Å²) >= 11 is 4.95. The highest BCUT2D eigenvalue weighted by Crippen LogP contribution is 2.41. The zero-order valence-corrected chi connectivity index (χ0v) is 18.3. The van der Waals surface area contributed by atoms with Crippen LogP contribution >= 0.6 is 27.3 Å². The van der Waals surface area contributed by atoms with Gasteiger partial charge in [-0.3, -0.25) is 0 Å². The smallest absolute Gasteiger partial charge is 0.410 e. The summed E-state index contributed by atoms with van der Waals surface area (Å²) in [7, 11) is 0. The summed E-state index contributed by atoms with van der Waals surface area (Å²) in [6.07, 6.45) is 1.74. The number of aromatic carboxylic acids is 1. The van der Waals surface area contributed by atoms with Gasteiger partial charge in [0.05, 0.1) is 15.8 Å². The number of amides is 1. The number of fused-ring (bicyclic) bond motifs is 3. The Morgan fingerprint density at radius 3 is 2.46 bits per heavy atom. The highest BCUT2D eigenvalue weighted by Gasteiger charge is 2.43. The van der Waals surface area contributed by atoms with Gasteiger partial charge in [-0.15, -0.1) is 0 Å². The average molecular weight is 468 g/mol. The molecule has 2 aliphatic heterocycles. The number of benzene rings is 1. The number of aromatic nitrogens is 1. The van der Waals surface area contributed by atoms with Crippen molar-refractivity contribution in [3.8, 4) is 0 Å². The van der Waals surface area contributed by atoms with Gasteiger partial charge in [-0.25, -0.2) is 14.6 Å². The van der Waals surface area contributed by atoms with Gasteiger partial charge in [0.15, 0.2) is 5.13 Å². The summed E-state index contributed by atoms with van der Waals surface area (Å²) < 4.78 is 7.06. The minimum Gasteiger partial charge on any atom is -0.478 e. The quantitative estimate of drug-likeness (QED) is 0.706. The normalized spacial score (nSPS) is 22.0. The van der Waals surface area contributed by atoms with Crippen LogP contribution in [0.2, 0.25) is 0 Å². The SMILES string of the molecule is CC(C)(C)OC(=O)N1CC2CCC(C1)N2c1nc2c(Br)cc(C(=O)O)cc2s1. The maximum atomic E-state index is 12.5. The van der Waals surface area contributed by atoms with Gasteiger partial charge in [-0.2, -0.15) is 0 Å². The fraction of sp³-hybridized carbons (Fsp3) is 0.526. The van der Waals surface area contributed by atoms with E-state index in [1.165, 1.54) is 11.3 Å². The minimum absolute atomic E-state index is 0.199. The molecule has 9 heteroatoms. The second kappa shape index (κ2) is 6.88. The van der Waals surface area contributed by atoms with Crippen molar-refractivity contribution in [2.75, 3.05) is 18.0 Å². The molecule has 3 heterocycles. The van der Waals surface area contributed by atoms with Crippen molar-refractivity contribution in [1.29, 1.82) is 0 Å². The van der Waals surface area contributed by atoms with Gasteiger partial charge in [0.25, 0.3) is 0 Å². The predicted molar refractivity (Wildman–Crippen MR) is 111 cm³/mol. The molecule has 1 aromatic heterocycles. The fourth-order valence-corrected chi connectivity index (χ4v) is 5.76. The molecule has 2 unspecified atom stereocenters. The van der Waals surface area contributed by atoms with Crippen LogP contribution < -0.4 is 4.90 Å². The summed E-state index contributed by atoms with van der Waals surface area (Å²) in [5.41, 5.74) is 0.514. The van der Waals surface area contributed by atoms with Crippen LogP contribution in [0.15, 0.2) is 16.6 Å². The van der Waals surface area contributed by atoms with Gasteiger partial charge in [0.2, 0.25) is 0 Å². The van der Waals surface area contributed by atoms with Crippen LogP contribution in [0.4, 0.5) is 9.93 Å². The molecule has 0 saturated carbocycles. The number of halogens is 1. The largest absolute Gasteiger partial charge is 0.478 e. The van der Waals surface area contributed by atoms with Crippen molar-refractivity contribution in [2.24, 2.45) is 0 Å². The highest BCUT2D eigenvalue weighted by molar-refractivity contribution is 9.10. The van der Waals surface area contributed by atoms with Crippen molar-refractivity contribution < 1.29 is 19.4 Å². The fourth-order valence-electron chi connectivity index (χ4n) is 3.90. The van der Waals surface area contributed by atoms with E-state index in [0.717, 1.165) is 28.2 Å². The number of ether oxygens (including phenoxy) is 1. The van der Waals surface area contributed by atoms with Crippen LogP contribution in [0, 0.1) is 0 Å². The molecule has 7 nitrogen and oxygen atoms in total. The van der Waals surface area contributed by atoms with Crippen LogP contribution in [0.5, 0.6) is 0 Å². The third kappa shape index (κ3) is 3.57. The molecule has 150 valence electrons. The molecule has 1 amide bonds. The number of carboxylic acids is 1. The second-order valence-corrected chi connectivity index (χ2v) is 10.1. The number of rotatable bonds is 2. The van der Waals surface area contributed by atoms with Crippen LogP contribution in [-0.4, -0.2) is 57.8 Å². The van der Waals surface area contributed by atoms with Crippen molar-refractivity contribution in [2.45, 2.75) is 51.3 Å². The highest BCUT2D eigenvalue weighted by atomic mass is 79.9. The Morgan fingerprint density at radius 1 is 1.25 bits per heavy atom. The lowest BCUT2D eigenvalue weighted by Gasteiger charge is -2.41. The first kappa shape index (κ1) is 19.4. The predicted octanol–water partition coefficient (Wildman–Crippen LogP) is 4.35. The second-order valence-electron chi connectivity index (χ2n) is 8.28. The molecule has 2 fully saturated rings. The van der Waals surface area contributed by atoms with E-state index in [2.05, 4.69) is 20.8 Å². The van der Waals surface area contributed by atoms with Crippen molar-refractivity contribution in [3.05, 3.63) is 22.2 Å². The Bertz CT molecular complexity index is 941. The van der Waals surface area contributed by atoms with Gasteiger partial charge in [0.1, 0.15) is 5.60 Å². The summed E-state index contributed by atoms with van der Waals surface area (Å²) in [6.45, 7) is 6.85. The molecule has 0 radical (unpaired) electrons. The van der Waals surface area contributed by atoms with Gasteiger partial charge in [0, 0.05) is 29.6 Å². The molecule has 28 heavy (non-hydrogen) atoms. The first-order chi connectivity index (χ1) is 13.1. The molecule has 0 aliphatic carbocycles. The Morgan fingerprint density at radius 2 is 1.89 bits per heavy atom. The van der Waals surface area contributed by atoms with Crippen LogP contribution in [0.25, 0.3) is 10.2 Å². The average Bonchev–Trinajstić information content (AvgIpc) is 3.11. The standard InChI is InChI=1S/C19H22BrN3O4S/c1-19(2,3)27-18(26)22-8-11-4-5-12(9-22)23(11)17-21-15-13(20)6-10(16(24)25)7-14(15)28-17/h6-7,11-12H,4-5,8-9H2,1-3H3,(H,24,25). The number of carbonyl (C=O) groups excluding carboxylic acids is 1. The van der Waals surface area contributed by atoms with Gasteiger partial charge < -0.3 is 19.6 Å². The lowest BCUT2D eigenvalue weighted by Crippen LogP contribution is -2.56. The Labute approximate surface area is 175 Å². The zero-order valence-electron chi connectivity index (χ0n) is 15.9. The molecule has 2 atom stereocenters. The zero-order chi connectivity index (χ0) is 20.2. The van der Waals surface area contributed by atoms with Crippen molar-refractivity contribution in [1.82, 2.24) is 9.88 Å². The molecule has 0 spiro atoms. The Kier molecular flexibility index (Phi) is 4.78. The maximum absolute atomic E-state index is 12.5. The maximum Gasteiger partial charge on any atom is 0.410 e. The van der Waals surface area contributed by atoms with Crippen LogP contribution in [-0.2, 0) is 4.74 Å². The van der Waals surface area contributed by atoms with Gasteiger partial charge in [-0.1, -0.05) is 11.3 Å². The molecule has 1 aromatic carbocycles. The van der Waals surface area contributed by atoms with Crippen LogP contribution in [0.3, 0.4) is 0 Å². The topological polar surface area (TPSA) is 83.0 Å².